The molecule has 1 aliphatic heterocycles. The number of amides is 3. The molecule has 12 heteroatoms. The van der Waals surface area contributed by atoms with Crippen molar-refractivity contribution < 1.29 is 19.1 Å². The lowest BCUT2D eigenvalue weighted by molar-refractivity contribution is -0.123. The van der Waals surface area contributed by atoms with Gasteiger partial charge < -0.3 is 15.0 Å². The van der Waals surface area contributed by atoms with Crippen LogP contribution in [0.2, 0.25) is 5.02 Å². The van der Waals surface area contributed by atoms with E-state index in [1.165, 1.54) is 11.3 Å². The van der Waals surface area contributed by atoms with Crippen molar-refractivity contribution in [2.45, 2.75) is 12.5 Å². The van der Waals surface area contributed by atoms with Crippen molar-refractivity contribution in [3.63, 3.8) is 0 Å². The SMILES string of the molecule is CSCC[C@@H](NC(=O)c1ccccc1Cl)C(=O)NNC(=O)c1csc(N2CCOCC2)n1. The van der Waals surface area contributed by atoms with Crippen molar-refractivity contribution in [2.24, 2.45) is 0 Å². The maximum atomic E-state index is 12.7. The average molecular weight is 498 g/mol. The van der Waals surface area contributed by atoms with E-state index >= 15 is 0 Å². The first kappa shape index (κ1) is 24.3. The fraction of sp³-hybridized carbons (Fsp3) is 0.400. The molecule has 0 spiro atoms. The van der Waals surface area contributed by atoms with E-state index in [0.717, 1.165) is 5.13 Å². The zero-order valence-corrected chi connectivity index (χ0v) is 19.8. The second-order valence-corrected chi connectivity index (χ2v) is 9.07. The molecule has 32 heavy (non-hydrogen) atoms. The van der Waals surface area contributed by atoms with E-state index in [-0.39, 0.29) is 11.3 Å². The summed E-state index contributed by atoms with van der Waals surface area (Å²) in [5, 5.41) is 5.35. The molecular weight excluding hydrogens is 474 g/mol. The molecular formula is C20H24ClN5O4S2. The number of halogens is 1. The van der Waals surface area contributed by atoms with Crippen LogP contribution in [0.15, 0.2) is 29.6 Å². The van der Waals surface area contributed by atoms with Crippen LogP contribution in [0.5, 0.6) is 0 Å². The highest BCUT2D eigenvalue weighted by Crippen LogP contribution is 2.21. The molecule has 0 aliphatic carbocycles. The Morgan fingerprint density at radius 3 is 2.69 bits per heavy atom. The maximum absolute atomic E-state index is 12.7. The van der Waals surface area contributed by atoms with E-state index in [1.807, 2.05) is 11.2 Å². The topological polar surface area (TPSA) is 113 Å². The lowest BCUT2D eigenvalue weighted by atomic mass is 10.1. The number of hydrazine groups is 1. The van der Waals surface area contributed by atoms with Gasteiger partial charge in [-0.1, -0.05) is 23.7 Å². The van der Waals surface area contributed by atoms with Gasteiger partial charge in [-0.25, -0.2) is 4.98 Å². The van der Waals surface area contributed by atoms with Crippen LogP contribution in [0.4, 0.5) is 5.13 Å². The number of thiazole rings is 1. The third-order valence-corrected chi connectivity index (χ3v) is 6.53. The molecule has 1 aromatic carbocycles. The Labute approximate surface area is 199 Å². The molecule has 1 aliphatic rings. The Hall–Kier alpha value is -2.34. The molecule has 1 atom stereocenters. The number of carbonyl (C=O) groups is 3. The Morgan fingerprint density at radius 2 is 1.97 bits per heavy atom. The van der Waals surface area contributed by atoms with Gasteiger partial charge in [0.25, 0.3) is 17.7 Å². The molecule has 2 aromatic rings. The second kappa shape index (κ2) is 12.0. The summed E-state index contributed by atoms with van der Waals surface area (Å²) in [7, 11) is 0. The third-order valence-electron chi connectivity index (χ3n) is 4.66. The molecule has 3 N–H and O–H groups in total. The Morgan fingerprint density at radius 1 is 1.22 bits per heavy atom. The number of anilines is 1. The summed E-state index contributed by atoms with van der Waals surface area (Å²) in [5.74, 6) is -0.881. The maximum Gasteiger partial charge on any atom is 0.289 e. The smallest absolute Gasteiger partial charge is 0.289 e. The number of thioether (sulfide) groups is 1. The van der Waals surface area contributed by atoms with Crippen LogP contribution >= 0.6 is 34.7 Å². The predicted molar refractivity (Wildman–Crippen MR) is 126 cm³/mol. The highest BCUT2D eigenvalue weighted by Gasteiger charge is 2.23. The zero-order valence-electron chi connectivity index (χ0n) is 17.4. The van der Waals surface area contributed by atoms with Crippen LogP contribution in [-0.2, 0) is 9.53 Å². The molecule has 0 radical (unpaired) electrons. The summed E-state index contributed by atoms with van der Waals surface area (Å²) in [6.45, 7) is 2.67. The molecule has 9 nitrogen and oxygen atoms in total. The number of nitrogens with zero attached hydrogens (tertiary/aromatic N) is 2. The number of morpholine rings is 1. The molecule has 0 bridgehead atoms. The molecule has 0 unspecified atom stereocenters. The molecule has 2 heterocycles. The minimum absolute atomic E-state index is 0.206. The minimum Gasteiger partial charge on any atom is -0.378 e. The Balaban J connectivity index is 1.57. The van der Waals surface area contributed by atoms with Crippen molar-refractivity contribution in [3.8, 4) is 0 Å². The number of nitrogens with one attached hydrogen (secondary N) is 3. The molecule has 1 aromatic heterocycles. The van der Waals surface area contributed by atoms with E-state index in [9.17, 15) is 14.4 Å². The van der Waals surface area contributed by atoms with E-state index in [2.05, 4.69) is 21.2 Å². The number of ether oxygens (including phenoxy) is 1. The van der Waals surface area contributed by atoms with Crippen molar-refractivity contribution in [3.05, 3.63) is 45.9 Å². The fourth-order valence-electron chi connectivity index (χ4n) is 2.92. The first-order chi connectivity index (χ1) is 15.5. The zero-order chi connectivity index (χ0) is 22.9. The van der Waals surface area contributed by atoms with Crippen LogP contribution in [0.3, 0.4) is 0 Å². The van der Waals surface area contributed by atoms with Crippen molar-refractivity contribution in [1.82, 2.24) is 21.2 Å². The molecule has 3 amide bonds. The van der Waals surface area contributed by atoms with Gasteiger partial charge in [0.1, 0.15) is 11.7 Å². The van der Waals surface area contributed by atoms with Gasteiger partial charge in [-0.3, -0.25) is 25.2 Å². The standard InChI is InChI=1S/C20H24ClN5O4S2/c1-31-11-6-15(22-17(27)13-4-2-3-5-14(13)21)18(28)24-25-19(29)16-12-32-20(23-16)26-7-9-30-10-8-26/h2-5,12,15H,6-11H2,1H3,(H,22,27)(H,24,28)(H,25,29)/t15-/m1/s1. The first-order valence-electron chi connectivity index (χ1n) is 9.92. The van der Waals surface area contributed by atoms with Crippen molar-refractivity contribution in [2.75, 3.05) is 43.2 Å². The summed E-state index contributed by atoms with van der Waals surface area (Å²) in [5.41, 5.74) is 5.24. The normalized spacial score (nSPS) is 14.5. The number of hydrogen-bond acceptors (Lipinski definition) is 8. The molecule has 172 valence electrons. The number of benzene rings is 1. The van der Waals surface area contributed by atoms with Crippen LogP contribution in [0.25, 0.3) is 0 Å². The Bertz CT molecular complexity index is 952. The van der Waals surface area contributed by atoms with Crippen LogP contribution in [-0.4, -0.2) is 67.1 Å². The number of aromatic nitrogens is 1. The highest BCUT2D eigenvalue weighted by molar-refractivity contribution is 7.98. The molecule has 3 rings (SSSR count). The third kappa shape index (κ3) is 6.58. The minimum atomic E-state index is -0.842. The van der Waals surface area contributed by atoms with Gasteiger partial charge in [0.2, 0.25) is 0 Å². The van der Waals surface area contributed by atoms with Crippen LogP contribution < -0.4 is 21.1 Å². The van der Waals surface area contributed by atoms with Crippen molar-refractivity contribution in [1.29, 1.82) is 0 Å². The number of hydrogen-bond donors (Lipinski definition) is 3. The number of carbonyl (C=O) groups excluding carboxylic acids is 3. The van der Waals surface area contributed by atoms with Gasteiger partial charge in [0.05, 0.1) is 23.8 Å². The van der Waals surface area contributed by atoms with E-state index in [0.29, 0.717) is 43.5 Å². The lowest BCUT2D eigenvalue weighted by Crippen LogP contribution is -2.52. The Kier molecular flexibility index (Phi) is 9.15. The van der Waals surface area contributed by atoms with Gasteiger partial charge >= 0.3 is 0 Å². The molecule has 1 fully saturated rings. The largest absolute Gasteiger partial charge is 0.378 e. The van der Waals surface area contributed by atoms with Gasteiger partial charge in [0, 0.05) is 18.5 Å². The summed E-state index contributed by atoms with van der Waals surface area (Å²) in [6, 6.07) is 5.75. The van der Waals surface area contributed by atoms with E-state index < -0.39 is 23.8 Å². The van der Waals surface area contributed by atoms with Crippen molar-refractivity contribution >= 4 is 57.6 Å². The van der Waals surface area contributed by atoms with E-state index in [1.54, 1.807) is 41.4 Å². The summed E-state index contributed by atoms with van der Waals surface area (Å²) in [4.78, 5) is 44.1. The summed E-state index contributed by atoms with van der Waals surface area (Å²) in [6.07, 6.45) is 2.29. The van der Waals surface area contributed by atoms with Crippen LogP contribution in [0.1, 0.15) is 27.3 Å². The van der Waals surface area contributed by atoms with Gasteiger partial charge in [0.15, 0.2) is 5.13 Å². The lowest BCUT2D eigenvalue weighted by Gasteiger charge is -2.25. The van der Waals surface area contributed by atoms with Crippen LogP contribution in [0, 0.1) is 0 Å². The molecule has 1 saturated heterocycles. The van der Waals surface area contributed by atoms with Gasteiger partial charge in [-0.15, -0.1) is 11.3 Å². The fourth-order valence-corrected chi connectivity index (χ4v) is 4.48. The van der Waals surface area contributed by atoms with E-state index in [4.69, 9.17) is 16.3 Å². The first-order valence-corrected chi connectivity index (χ1v) is 12.6. The quantitative estimate of drug-likeness (QED) is 0.478. The predicted octanol–water partition coefficient (Wildman–Crippen LogP) is 1.95. The average Bonchev–Trinajstić information content (AvgIpc) is 3.31. The number of rotatable bonds is 8. The summed E-state index contributed by atoms with van der Waals surface area (Å²) >= 11 is 8.98. The second-order valence-electron chi connectivity index (χ2n) is 6.85. The molecule has 0 saturated carbocycles. The van der Waals surface area contributed by atoms with Gasteiger partial charge in [-0.2, -0.15) is 11.8 Å². The monoisotopic (exact) mass is 497 g/mol. The van der Waals surface area contributed by atoms with Gasteiger partial charge in [-0.05, 0) is 30.6 Å². The highest BCUT2D eigenvalue weighted by atomic mass is 35.5. The summed E-state index contributed by atoms with van der Waals surface area (Å²) < 4.78 is 5.32.